The van der Waals surface area contributed by atoms with E-state index in [9.17, 15) is 4.79 Å². The monoisotopic (exact) mass is 275 g/mol. The first-order valence-electron chi connectivity index (χ1n) is 6.91. The molecule has 5 heteroatoms. The summed E-state index contributed by atoms with van der Waals surface area (Å²) in [5.41, 5.74) is 7.83. The smallest absolute Gasteiger partial charge is 0.267 e. The molecule has 0 aliphatic heterocycles. The Kier molecular flexibility index (Phi) is 4.63. The number of nitrogens with two attached hydrogens (primary N) is 1. The molecule has 0 aliphatic rings. The zero-order valence-electron chi connectivity index (χ0n) is 11.6. The Labute approximate surface area is 118 Å². The van der Waals surface area contributed by atoms with Crippen LogP contribution in [0.15, 0.2) is 24.3 Å². The number of rotatable bonds is 6. The molecule has 1 aromatic carbocycles. The summed E-state index contributed by atoms with van der Waals surface area (Å²) in [6.45, 7) is 2.78. The fourth-order valence-corrected chi connectivity index (χ4v) is 2.24. The van der Waals surface area contributed by atoms with Gasteiger partial charge in [0.05, 0.1) is 0 Å². The SMILES string of the molecule is CCC(CCO)CNC(=O)c1cc2cc(N)ccc2[nH]1. The molecule has 2 aromatic rings. The highest BCUT2D eigenvalue weighted by Crippen LogP contribution is 2.18. The zero-order valence-corrected chi connectivity index (χ0v) is 11.6. The maximum Gasteiger partial charge on any atom is 0.267 e. The average Bonchev–Trinajstić information content (AvgIpc) is 2.86. The maximum atomic E-state index is 12.1. The quantitative estimate of drug-likeness (QED) is 0.607. The number of nitrogens with one attached hydrogen (secondary N) is 2. The van der Waals surface area contributed by atoms with Gasteiger partial charge in [0.2, 0.25) is 0 Å². The third-order valence-corrected chi connectivity index (χ3v) is 3.56. The second-order valence-corrected chi connectivity index (χ2v) is 5.03. The summed E-state index contributed by atoms with van der Waals surface area (Å²) in [6.07, 6.45) is 1.64. The third kappa shape index (κ3) is 3.30. The van der Waals surface area contributed by atoms with Crippen molar-refractivity contribution in [2.45, 2.75) is 19.8 Å². The first kappa shape index (κ1) is 14.4. The van der Waals surface area contributed by atoms with Crippen molar-refractivity contribution >= 4 is 22.5 Å². The number of anilines is 1. The van der Waals surface area contributed by atoms with E-state index in [1.807, 2.05) is 12.1 Å². The van der Waals surface area contributed by atoms with Crippen LogP contribution in [0.25, 0.3) is 10.9 Å². The number of aliphatic hydroxyl groups is 1. The van der Waals surface area contributed by atoms with Crippen molar-refractivity contribution in [2.75, 3.05) is 18.9 Å². The molecule has 108 valence electrons. The number of H-pyrrole nitrogens is 1. The molecular weight excluding hydrogens is 254 g/mol. The lowest BCUT2D eigenvalue weighted by molar-refractivity contribution is 0.0939. The molecule has 0 radical (unpaired) electrons. The van der Waals surface area contributed by atoms with Crippen LogP contribution in [-0.2, 0) is 0 Å². The summed E-state index contributed by atoms with van der Waals surface area (Å²) in [5.74, 6) is 0.181. The molecule has 0 spiro atoms. The molecule has 1 atom stereocenters. The van der Waals surface area contributed by atoms with Crippen LogP contribution in [0, 0.1) is 5.92 Å². The van der Waals surface area contributed by atoms with Gasteiger partial charge < -0.3 is 21.1 Å². The Hall–Kier alpha value is -2.01. The number of aromatic nitrogens is 1. The van der Waals surface area contributed by atoms with Crippen molar-refractivity contribution in [2.24, 2.45) is 5.92 Å². The molecular formula is C15H21N3O2. The Bertz CT molecular complexity index is 592. The number of aromatic amines is 1. The number of benzene rings is 1. The molecule has 1 aromatic heterocycles. The van der Waals surface area contributed by atoms with E-state index in [1.165, 1.54) is 0 Å². The number of hydrogen-bond acceptors (Lipinski definition) is 3. The highest BCUT2D eigenvalue weighted by atomic mass is 16.3. The third-order valence-electron chi connectivity index (χ3n) is 3.56. The average molecular weight is 275 g/mol. The Morgan fingerprint density at radius 2 is 2.25 bits per heavy atom. The van der Waals surface area contributed by atoms with E-state index in [2.05, 4.69) is 17.2 Å². The second kappa shape index (κ2) is 6.43. The van der Waals surface area contributed by atoms with Crippen molar-refractivity contribution in [1.29, 1.82) is 0 Å². The van der Waals surface area contributed by atoms with E-state index in [0.29, 0.717) is 30.3 Å². The van der Waals surface area contributed by atoms with Crippen LogP contribution < -0.4 is 11.1 Å². The summed E-state index contributed by atoms with van der Waals surface area (Å²) in [4.78, 5) is 15.2. The number of amides is 1. The number of nitrogen functional groups attached to an aromatic ring is 1. The molecule has 0 fully saturated rings. The van der Waals surface area contributed by atoms with E-state index in [0.717, 1.165) is 17.3 Å². The number of aliphatic hydroxyl groups excluding tert-OH is 1. The van der Waals surface area contributed by atoms with Gasteiger partial charge in [0, 0.05) is 29.7 Å². The fraction of sp³-hybridized carbons (Fsp3) is 0.400. The van der Waals surface area contributed by atoms with Gasteiger partial charge in [-0.1, -0.05) is 13.3 Å². The molecule has 20 heavy (non-hydrogen) atoms. The molecule has 0 saturated carbocycles. The molecule has 1 amide bonds. The van der Waals surface area contributed by atoms with Gasteiger partial charge in [0.1, 0.15) is 5.69 Å². The minimum atomic E-state index is -0.129. The summed E-state index contributed by atoms with van der Waals surface area (Å²) >= 11 is 0. The van der Waals surface area contributed by atoms with Gasteiger partial charge in [-0.05, 0) is 36.6 Å². The van der Waals surface area contributed by atoms with Crippen LogP contribution in [0.2, 0.25) is 0 Å². The number of carbonyl (C=O) groups excluding carboxylic acids is 1. The highest BCUT2D eigenvalue weighted by molar-refractivity contribution is 5.98. The normalized spacial score (nSPS) is 12.5. The van der Waals surface area contributed by atoms with Gasteiger partial charge in [-0.3, -0.25) is 4.79 Å². The van der Waals surface area contributed by atoms with Gasteiger partial charge in [-0.2, -0.15) is 0 Å². The number of carbonyl (C=O) groups is 1. The maximum absolute atomic E-state index is 12.1. The molecule has 1 heterocycles. The van der Waals surface area contributed by atoms with E-state index >= 15 is 0 Å². The van der Waals surface area contributed by atoms with Crippen LogP contribution >= 0.6 is 0 Å². The van der Waals surface area contributed by atoms with Gasteiger partial charge in [0.25, 0.3) is 5.91 Å². The summed E-state index contributed by atoms with van der Waals surface area (Å²) in [6, 6.07) is 7.30. The Morgan fingerprint density at radius 1 is 1.45 bits per heavy atom. The molecule has 5 nitrogen and oxygen atoms in total. The van der Waals surface area contributed by atoms with Gasteiger partial charge in [0.15, 0.2) is 0 Å². The number of fused-ring (bicyclic) bond motifs is 1. The second-order valence-electron chi connectivity index (χ2n) is 5.03. The lowest BCUT2D eigenvalue weighted by Crippen LogP contribution is -2.29. The van der Waals surface area contributed by atoms with Crippen molar-refractivity contribution in [3.63, 3.8) is 0 Å². The van der Waals surface area contributed by atoms with Gasteiger partial charge in [-0.25, -0.2) is 0 Å². The van der Waals surface area contributed by atoms with Crippen LogP contribution in [0.4, 0.5) is 5.69 Å². The summed E-state index contributed by atoms with van der Waals surface area (Å²) in [7, 11) is 0. The zero-order chi connectivity index (χ0) is 14.5. The summed E-state index contributed by atoms with van der Waals surface area (Å²) < 4.78 is 0. The molecule has 0 saturated heterocycles. The molecule has 0 aliphatic carbocycles. The van der Waals surface area contributed by atoms with Crippen molar-refractivity contribution in [3.05, 3.63) is 30.0 Å². The minimum absolute atomic E-state index is 0.129. The predicted molar refractivity (Wildman–Crippen MR) is 80.5 cm³/mol. The lowest BCUT2D eigenvalue weighted by Gasteiger charge is -2.13. The molecule has 2 rings (SSSR count). The first-order valence-corrected chi connectivity index (χ1v) is 6.91. The van der Waals surface area contributed by atoms with Crippen LogP contribution in [0.1, 0.15) is 30.3 Å². The molecule has 0 bridgehead atoms. The van der Waals surface area contributed by atoms with Gasteiger partial charge >= 0.3 is 0 Å². The lowest BCUT2D eigenvalue weighted by atomic mass is 10.0. The molecule has 1 unspecified atom stereocenters. The topological polar surface area (TPSA) is 91.1 Å². The largest absolute Gasteiger partial charge is 0.399 e. The Morgan fingerprint density at radius 3 is 2.95 bits per heavy atom. The predicted octanol–water partition coefficient (Wildman–Crippen LogP) is 1.89. The standard InChI is InChI=1S/C15H21N3O2/c1-2-10(5-6-19)9-17-15(20)14-8-11-7-12(16)3-4-13(11)18-14/h3-4,7-8,10,18-19H,2,5-6,9,16H2,1H3,(H,17,20). The van der Waals surface area contributed by atoms with E-state index in [-0.39, 0.29) is 12.5 Å². The van der Waals surface area contributed by atoms with Crippen LogP contribution in [0.3, 0.4) is 0 Å². The molecule has 5 N–H and O–H groups in total. The van der Waals surface area contributed by atoms with Crippen molar-refractivity contribution in [1.82, 2.24) is 10.3 Å². The summed E-state index contributed by atoms with van der Waals surface area (Å²) in [5, 5.41) is 12.8. The van der Waals surface area contributed by atoms with E-state index < -0.39 is 0 Å². The Balaban J connectivity index is 2.03. The van der Waals surface area contributed by atoms with Crippen LogP contribution in [0.5, 0.6) is 0 Å². The minimum Gasteiger partial charge on any atom is -0.399 e. The first-order chi connectivity index (χ1) is 9.63. The highest BCUT2D eigenvalue weighted by Gasteiger charge is 2.12. The fourth-order valence-electron chi connectivity index (χ4n) is 2.24. The van der Waals surface area contributed by atoms with Crippen LogP contribution in [-0.4, -0.2) is 29.1 Å². The van der Waals surface area contributed by atoms with Crippen molar-refractivity contribution < 1.29 is 9.90 Å². The van der Waals surface area contributed by atoms with E-state index in [1.54, 1.807) is 12.1 Å². The van der Waals surface area contributed by atoms with Crippen molar-refractivity contribution in [3.8, 4) is 0 Å². The van der Waals surface area contributed by atoms with E-state index in [4.69, 9.17) is 10.8 Å². The van der Waals surface area contributed by atoms with Gasteiger partial charge in [-0.15, -0.1) is 0 Å². The number of hydrogen-bond donors (Lipinski definition) is 4.